The van der Waals surface area contributed by atoms with Gasteiger partial charge in [-0.05, 0) is 98.0 Å². The fourth-order valence-corrected chi connectivity index (χ4v) is 10.3. The molecule has 2 unspecified atom stereocenters. The van der Waals surface area contributed by atoms with E-state index in [-0.39, 0.29) is 35.0 Å². The zero-order chi connectivity index (χ0) is 40.9. The molecule has 304 valence electrons. The van der Waals surface area contributed by atoms with E-state index in [4.69, 9.17) is 5.10 Å². The Morgan fingerprint density at radius 2 is 1.41 bits per heavy atom. The molecule has 17 heteroatoms. The summed E-state index contributed by atoms with van der Waals surface area (Å²) in [6.07, 6.45) is 10.6. The summed E-state index contributed by atoms with van der Waals surface area (Å²) in [5.74, 6) is 2.26. The third kappa shape index (κ3) is 8.98. The Morgan fingerprint density at radius 3 is 1.98 bits per heavy atom. The molecule has 3 aliphatic carbocycles. The Labute approximate surface area is 326 Å². The number of nitrogens with one attached hydrogen (secondary N) is 2. The lowest BCUT2D eigenvalue weighted by molar-refractivity contribution is -0.393. The van der Waals surface area contributed by atoms with E-state index in [0.29, 0.717) is 48.6 Å². The molecule has 0 heterocycles. The number of hydrogen-bond acceptors (Lipinski definition) is 13. The fourth-order valence-electron chi connectivity index (χ4n) is 10.3. The average Bonchev–Trinajstić information content (AvgIpc) is 3.50. The monoisotopic (exact) mass is 778 g/mol. The Hall–Kier alpha value is -5.06. The van der Waals surface area contributed by atoms with Gasteiger partial charge in [0.05, 0.1) is 37.9 Å². The summed E-state index contributed by atoms with van der Waals surface area (Å²) in [5.41, 5.74) is 4.10. The van der Waals surface area contributed by atoms with Crippen LogP contribution in [0.5, 0.6) is 0 Å². The van der Waals surface area contributed by atoms with Gasteiger partial charge in [-0.25, -0.2) is 0 Å². The van der Waals surface area contributed by atoms with Crippen molar-refractivity contribution in [1.82, 2.24) is 0 Å². The molecule has 8 atom stereocenters. The van der Waals surface area contributed by atoms with E-state index < -0.39 is 54.0 Å². The van der Waals surface area contributed by atoms with Gasteiger partial charge in [0, 0.05) is 35.9 Å². The minimum absolute atomic E-state index is 0.00640. The highest BCUT2D eigenvalue weighted by Crippen LogP contribution is 2.65. The topological polar surface area (TPSA) is 242 Å². The van der Waals surface area contributed by atoms with Crippen molar-refractivity contribution in [3.05, 3.63) is 76.9 Å². The maximum absolute atomic E-state index is 11.9. The van der Waals surface area contributed by atoms with Gasteiger partial charge >= 0.3 is 11.4 Å². The number of anilines is 2. The van der Waals surface area contributed by atoms with Gasteiger partial charge in [-0.1, -0.05) is 53.9 Å². The van der Waals surface area contributed by atoms with E-state index in [1.807, 2.05) is 0 Å². The van der Waals surface area contributed by atoms with Gasteiger partial charge in [0.25, 0.3) is 11.4 Å². The highest BCUT2D eigenvalue weighted by molar-refractivity contribution is 5.92. The quantitative estimate of drug-likeness (QED) is 0.0822. The number of aliphatic hydroxyl groups excluding tert-OH is 1. The highest BCUT2D eigenvalue weighted by atomic mass is 16.6. The van der Waals surface area contributed by atoms with Gasteiger partial charge in [-0.2, -0.15) is 10.2 Å². The molecule has 3 saturated carbocycles. The molecule has 56 heavy (non-hydrogen) atoms. The summed E-state index contributed by atoms with van der Waals surface area (Å²) >= 11 is 0. The van der Waals surface area contributed by atoms with Crippen molar-refractivity contribution in [2.75, 3.05) is 10.9 Å². The number of nitrogens with zero attached hydrogens (tertiary/aromatic N) is 6. The second kappa shape index (κ2) is 17.4. The second-order valence-corrected chi connectivity index (χ2v) is 17.0. The van der Waals surface area contributed by atoms with Crippen molar-refractivity contribution < 1.29 is 24.8 Å². The molecule has 0 radical (unpaired) electrons. The third-order valence-corrected chi connectivity index (χ3v) is 13.3. The van der Waals surface area contributed by atoms with Gasteiger partial charge < -0.3 is 5.11 Å². The van der Waals surface area contributed by atoms with E-state index in [0.717, 1.165) is 37.8 Å². The van der Waals surface area contributed by atoms with Crippen LogP contribution in [-0.2, 0) is 0 Å². The first-order chi connectivity index (χ1) is 26.5. The number of nitro benzene ring substituents is 4. The van der Waals surface area contributed by atoms with Crippen LogP contribution in [0.1, 0.15) is 105 Å². The highest BCUT2D eigenvalue weighted by Gasteiger charge is 2.58. The van der Waals surface area contributed by atoms with Gasteiger partial charge in [-0.3, -0.25) is 51.3 Å². The predicted molar refractivity (Wildman–Crippen MR) is 214 cm³/mol. The summed E-state index contributed by atoms with van der Waals surface area (Å²) in [6, 6.07) is 6.71. The molecule has 3 fully saturated rings. The minimum Gasteiger partial charge on any atom is -0.393 e. The van der Waals surface area contributed by atoms with Crippen molar-refractivity contribution in [1.29, 1.82) is 0 Å². The van der Waals surface area contributed by atoms with Crippen LogP contribution in [0.3, 0.4) is 0 Å². The van der Waals surface area contributed by atoms with Crippen LogP contribution < -0.4 is 10.9 Å². The molecule has 0 amide bonds. The molecule has 0 spiro atoms. The van der Waals surface area contributed by atoms with E-state index in [1.165, 1.54) is 43.5 Å². The zero-order valence-corrected chi connectivity index (χ0v) is 32.8. The summed E-state index contributed by atoms with van der Waals surface area (Å²) in [7, 11) is 0. The second-order valence-electron chi connectivity index (χ2n) is 17.0. The average molecular weight is 779 g/mol. The fraction of sp³-hybridized carbons (Fsp3) is 0.641. The summed E-state index contributed by atoms with van der Waals surface area (Å²) in [6.45, 7) is 11.5. The smallest absolute Gasteiger partial charge is 0.301 e. The standard InChI is InChI=1S/C39H54N8O9/c1-24(2)7-6-8-25(3)30-11-12-31-29(17-20-40-41-33-13-9-26(44(49)50)21-35(33)46(53)54)32(16-19-38(30,31)4)39(5)18-15-28(48)23-37(39)43-42-34-14-10-27(45(51)52)22-36(34)47(55)56/h9-10,13-14,20-22,24-25,28-32,41-42,48H,6-8,11-12,15-19,23H2,1-5H3/b40-20+,43-37+/t25-,28+,29+,30-,31?,32?,38-,39-/m1/s1. The summed E-state index contributed by atoms with van der Waals surface area (Å²) in [4.78, 5) is 43.5. The Bertz CT molecular complexity index is 1870. The molecule has 0 aromatic heterocycles. The number of aliphatic hydroxyl groups is 1. The van der Waals surface area contributed by atoms with Crippen molar-refractivity contribution in [3.8, 4) is 0 Å². The van der Waals surface area contributed by atoms with E-state index >= 15 is 0 Å². The number of hydrazone groups is 2. The van der Waals surface area contributed by atoms with Gasteiger partial charge in [0.15, 0.2) is 0 Å². The van der Waals surface area contributed by atoms with Crippen LogP contribution in [-0.4, -0.2) is 42.8 Å². The lowest BCUT2D eigenvalue weighted by atomic mass is 9.49. The lowest BCUT2D eigenvalue weighted by Gasteiger charge is -2.55. The lowest BCUT2D eigenvalue weighted by Crippen LogP contribution is -2.52. The number of benzene rings is 2. The van der Waals surface area contributed by atoms with Crippen molar-refractivity contribution >= 4 is 46.1 Å². The first-order valence-electron chi connectivity index (χ1n) is 19.6. The Balaban J connectivity index is 1.48. The third-order valence-electron chi connectivity index (χ3n) is 13.3. The van der Waals surface area contributed by atoms with Crippen LogP contribution in [0.15, 0.2) is 46.6 Å². The molecular weight excluding hydrogens is 724 g/mol. The molecule has 17 nitrogen and oxygen atoms in total. The normalized spacial score (nSPS) is 28.9. The first-order valence-corrected chi connectivity index (χ1v) is 19.6. The number of non-ortho nitro benzene ring substituents is 2. The number of fused-ring (bicyclic) bond motifs is 1. The van der Waals surface area contributed by atoms with Crippen LogP contribution in [0, 0.1) is 86.8 Å². The molecule has 0 bridgehead atoms. The maximum atomic E-state index is 11.9. The summed E-state index contributed by atoms with van der Waals surface area (Å²) in [5, 5.41) is 66.3. The molecule has 3 N–H and O–H groups in total. The molecule has 2 aromatic carbocycles. The minimum atomic E-state index is -0.694. The van der Waals surface area contributed by atoms with E-state index in [1.54, 1.807) is 6.21 Å². The first kappa shape index (κ1) is 42.1. The van der Waals surface area contributed by atoms with Gasteiger partial charge in [-0.15, -0.1) is 0 Å². The number of rotatable bonds is 16. The SMILES string of the molecule is CC(C)CCC[C@@H](C)[C@H]1CCC2[C@H](C/C=N/Nc3ccc([N+](=O)[O-])cc3[N+](=O)[O-])C([C@@]3(C)CC[C@H](O)C/C3=N\Nc3ccc([N+](=O)[O-])cc3[N+](=O)[O-])CC[C@@]21C. The van der Waals surface area contributed by atoms with Crippen LogP contribution in [0.2, 0.25) is 0 Å². The van der Waals surface area contributed by atoms with E-state index in [9.17, 15) is 45.6 Å². The maximum Gasteiger partial charge on any atom is 0.301 e. The largest absolute Gasteiger partial charge is 0.393 e. The zero-order valence-electron chi connectivity index (χ0n) is 32.8. The van der Waals surface area contributed by atoms with Crippen molar-refractivity contribution in [3.63, 3.8) is 0 Å². The van der Waals surface area contributed by atoms with Gasteiger partial charge in [0.1, 0.15) is 11.4 Å². The Morgan fingerprint density at radius 1 is 0.804 bits per heavy atom. The Kier molecular flexibility index (Phi) is 13.1. The van der Waals surface area contributed by atoms with Crippen molar-refractivity contribution in [2.45, 2.75) is 111 Å². The molecule has 0 saturated heterocycles. The van der Waals surface area contributed by atoms with E-state index in [2.05, 4.69) is 50.6 Å². The molecule has 0 aliphatic heterocycles. The van der Waals surface area contributed by atoms with Crippen LogP contribution >= 0.6 is 0 Å². The molecule has 2 aromatic rings. The molecule has 5 rings (SSSR count). The number of nitro groups is 4. The molecular formula is C39H54N8O9. The van der Waals surface area contributed by atoms with Crippen molar-refractivity contribution in [2.24, 2.45) is 56.5 Å². The molecule has 3 aliphatic rings. The van der Waals surface area contributed by atoms with Crippen LogP contribution in [0.4, 0.5) is 34.1 Å². The predicted octanol–water partition coefficient (Wildman–Crippen LogP) is 9.65. The summed E-state index contributed by atoms with van der Waals surface area (Å²) < 4.78 is 0. The number of hydrogen-bond donors (Lipinski definition) is 3. The van der Waals surface area contributed by atoms with Gasteiger partial charge in [0.2, 0.25) is 0 Å². The van der Waals surface area contributed by atoms with Crippen LogP contribution in [0.25, 0.3) is 0 Å².